The van der Waals surface area contributed by atoms with E-state index in [0.29, 0.717) is 16.3 Å². The van der Waals surface area contributed by atoms with Crippen molar-refractivity contribution < 1.29 is 19.1 Å². The highest BCUT2D eigenvalue weighted by atomic mass is 35.5. The normalized spacial score (nSPS) is 14.1. The van der Waals surface area contributed by atoms with Crippen LogP contribution in [0.1, 0.15) is 63.3 Å². The Morgan fingerprint density at radius 3 is 2.31 bits per heavy atom. The number of halogens is 1. The summed E-state index contributed by atoms with van der Waals surface area (Å²) in [5.41, 5.74) is 2.48. The van der Waals surface area contributed by atoms with Gasteiger partial charge in [-0.3, -0.25) is 9.59 Å². The van der Waals surface area contributed by atoms with Crippen molar-refractivity contribution in [3.8, 4) is 0 Å². The van der Waals surface area contributed by atoms with Gasteiger partial charge in [-0.2, -0.15) is 0 Å². The molecule has 1 unspecified atom stereocenters. The first-order valence-electron chi connectivity index (χ1n) is 11.9. The fourth-order valence-electron chi connectivity index (χ4n) is 3.82. The summed E-state index contributed by atoms with van der Waals surface area (Å²) < 4.78 is 5.25. The highest BCUT2D eigenvalue weighted by molar-refractivity contribution is 6.34. The minimum Gasteiger partial charge on any atom is -0.444 e. The lowest BCUT2D eigenvalue weighted by atomic mass is 10.0. The summed E-state index contributed by atoms with van der Waals surface area (Å²) in [7, 11) is 0. The molecule has 0 radical (unpaired) electrons. The Balaban J connectivity index is 1.90. The molecule has 0 spiro atoms. The van der Waals surface area contributed by atoms with E-state index in [1.807, 2.05) is 43.3 Å². The smallest absolute Gasteiger partial charge is 0.408 e. The van der Waals surface area contributed by atoms with E-state index in [4.69, 9.17) is 16.3 Å². The number of rotatable bonds is 8. The average Bonchev–Trinajstić information content (AvgIpc) is 3.62. The number of aryl methyl sites for hydroxylation is 2. The van der Waals surface area contributed by atoms with Gasteiger partial charge in [0.05, 0.1) is 10.7 Å². The monoisotopic (exact) mass is 499 g/mol. The van der Waals surface area contributed by atoms with Crippen molar-refractivity contribution in [2.24, 2.45) is 0 Å². The Morgan fingerprint density at radius 2 is 1.77 bits per heavy atom. The molecule has 0 heterocycles. The second kappa shape index (κ2) is 11.1. The Hall–Kier alpha value is -3.06. The van der Waals surface area contributed by atoms with E-state index in [2.05, 4.69) is 17.6 Å². The Morgan fingerprint density at radius 1 is 1.11 bits per heavy atom. The number of hydrogen-bond acceptors (Lipinski definition) is 4. The van der Waals surface area contributed by atoms with Gasteiger partial charge in [-0.15, -0.1) is 0 Å². The molecule has 188 valence electrons. The van der Waals surface area contributed by atoms with Gasteiger partial charge in [0.25, 0.3) is 5.91 Å². The molecule has 3 rings (SSSR count). The van der Waals surface area contributed by atoms with Gasteiger partial charge < -0.3 is 20.3 Å². The van der Waals surface area contributed by atoms with Crippen LogP contribution in [0.5, 0.6) is 0 Å². The van der Waals surface area contributed by atoms with E-state index in [-0.39, 0.29) is 24.4 Å². The summed E-state index contributed by atoms with van der Waals surface area (Å²) in [6.07, 6.45) is 1.77. The number of hydrogen-bond donors (Lipinski definition) is 2. The van der Waals surface area contributed by atoms with Crippen LogP contribution >= 0.6 is 11.6 Å². The number of carbonyl (C=O) groups excluding carboxylic acids is 3. The zero-order chi connectivity index (χ0) is 25.8. The molecule has 1 fully saturated rings. The van der Waals surface area contributed by atoms with Crippen molar-refractivity contribution in [1.82, 2.24) is 10.2 Å². The quantitative estimate of drug-likeness (QED) is 0.508. The van der Waals surface area contributed by atoms with Gasteiger partial charge in [-0.1, -0.05) is 54.9 Å². The average molecular weight is 500 g/mol. The molecular weight excluding hydrogens is 466 g/mol. The Kier molecular flexibility index (Phi) is 8.43. The summed E-state index contributed by atoms with van der Waals surface area (Å²) in [6, 6.07) is 12.1. The number of para-hydroxylation sites is 1. The molecule has 0 bridgehead atoms. The second-order valence-electron chi connectivity index (χ2n) is 9.81. The molecule has 8 heteroatoms. The van der Waals surface area contributed by atoms with Crippen LogP contribution in [-0.2, 0) is 20.7 Å². The molecule has 7 nitrogen and oxygen atoms in total. The largest absolute Gasteiger partial charge is 0.444 e. The van der Waals surface area contributed by atoms with E-state index in [1.54, 1.807) is 31.7 Å². The number of ether oxygens (including phenoxy) is 1. The van der Waals surface area contributed by atoms with Crippen molar-refractivity contribution in [2.75, 3.05) is 11.9 Å². The number of alkyl carbamates (subject to hydrolysis) is 1. The van der Waals surface area contributed by atoms with E-state index in [0.717, 1.165) is 30.4 Å². The zero-order valence-corrected chi connectivity index (χ0v) is 21.7. The fourth-order valence-corrected chi connectivity index (χ4v) is 4.09. The topological polar surface area (TPSA) is 87.7 Å². The van der Waals surface area contributed by atoms with Crippen molar-refractivity contribution in [3.05, 3.63) is 64.2 Å². The molecule has 1 aliphatic rings. The maximum absolute atomic E-state index is 13.7. The van der Waals surface area contributed by atoms with Gasteiger partial charge in [0.15, 0.2) is 0 Å². The zero-order valence-electron chi connectivity index (χ0n) is 21.0. The number of benzene rings is 2. The summed E-state index contributed by atoms with van der Waals surface area (Å²) in [5, 5.41) is 5.90. The highest BCUT2D eigenvalue weighted by Gasteiger charge is 2.41. The minimum absolute atomic E-state index is 0.0862. The van der Waals surface area contributed by atoms with E-state index in [9.17, 15) is 14.4 Å². The lowest BCUT2D eigenvalue weighted by Crippen LogP contribution is -2.47. The molecule has 3 amide bonds. The van der Waals surface area contributed by atoms with Crippen LogP contribution in [0.15, 0.2) is 42.5 Å². The van der Waals surface area contributed by atoms with Crippen LogP contribution in [0, 0.1) is 6.92 Å². The predicted molar refractivity (Wildman–Crippen MR) is 137 cm³/mol. The van der Waals surface area contributed by atoms with Gasteiger partial charge in [0.1, 0.15) is 18.2 Å². The van der Waals surface area contributed by atoms with Gasteiger partial charge >= 0.3 is 6.09 Å². The Labute approximate surface area is 212 Å². The first-order valence-corrected chi connectivity index (χ1v) is 12.3. The first kappa shape index (κ1) is 26.5. The maximum atomic E-state index is 13.7. The number of anilines is 1. The number of amides is 3. The summed E-state index contributed by atoms with van der Waals surface area (Å²) in [6.45, 7) is 8.90. The number of nitrogens with zero attached hydrogens (tertiary/aromatic N) is 1. The van der Waals surface area contributed by atoms with Crippen LogP contribution in [0.25, 0.3) is 0 Å². The number of nitrogens with one attached hydrogen (secondary N) is 2. The van der Waals surface area contributed by atoms with Crippen LogP contribution in [0.3, 0.4) is 0 Å². The van der Waals surface area contributed by atoms with Crippen molar-refractivity contribution in [2.45, 2.75) is 71.6 Å². The third kappa shape index (κ3) is 7.21. The Bertz CT molecular complexity index is 1050. The van der Waals surface area contributed by atoms with Crippen LogP contribution in [0.2, 0.25) is 5.02 Å². The SMILES string of the molecule is CCc1ccc(C(C(=O)Nc2c(C)cccc2Cl)N(C(=O)CNC(=O)OC(C)(C)C)C2CC2)cc1. The molecule has 1 saturated carbocycles. The fraction of sp³-hybridized carbons (Fsp3) is 0.444. The van der Waals surface area contributed by atoms with Crippen molar-refractivity contribution in [3.63, 3.8) is 0 Å². The molecule has 1 atom stereocenters. The summed E-state index contributed by atoms with van der Waals surface area (Å²) >= 11 is 6.36. The lowest BCUT2D eigenvalue weighted by Gasteiger charge is -2.32. The third-order valence-corrected chi connectivity index (χ3v) is 6.03. The van der Waals surface area contributed by atoms with Gasteiger partial charge in [-0.25, -0.2) is 4.79 Å². The molecule has 0 aliphatic heterocycles. The van der Waals surface area contributed by atoms with Crippen LogP contribution in [-0.4, -0.2) is 41.0 Å². The standard InChI is InChI=1S/C27H34ClN3O4/c1-6-18-10-12-19(13-11-18)24(25(33)30-23-17(2)8-7-9-21(23)28)31(20-14-15-20)22(32)16-29-26(34)35-27(3,4)5/h7-13,20,24H,6,14-16H2,1-5H3,(H,29,34)(H,30,33). The summed E-state index contributed by atoms with van der Waals surface area (Å²) in [4.78, 5) is 40.8. The molecule has 0 saturated heterocycles. The highest BCUT2D eigenvalue weighted by Crippen LogP contribution is 2.36. The molecule has 2 N–H and O–H groups in total. The molecule has 1 aliphatic carbocycles. The first-order chi connectivity index (χ1) is 16.5. The minimum atomic E-state index is -0.878. The summed E-state index contributed by atoms with van der Waals surface area (Å²) in [5.74, 6) is -0.711. The van der Waals surface area contributed by atoms with E-state index >= 15 is 0 Å². The van der Waals surface area contributed by atoms with Gasteiger partial charge in [0, 0.05) is 6.04 Å². The van der Waals surface area contributed by atoms with Crippen LogP contribution in [0.4, 0.5) is 10.5 Å². The van der Waals surface area contributed by atoms with E-state index in [1.165, 1.54) is 0 Å². The predicted octanol–water partition coefficient (Wildman–Crippen LogP) is 5.41. The second-order valence-corrected chi connectivity index (χ2v) is 10.2. The third-order valence-electron chi connectivity index (χ3n) is 5.71. The maximum Gasteiger partial charge on any atom is 0.408 e. The molecule has 35 heavy (non-hydrogen) atoms. The molecule has 2 aromatic carbocycles. The van der Waals surface area contributed by atoms with Crippen molar-refractivity contribution >= 4 is 35.2 Å². The number of carbonyl (C=O) groups is 3. The van der Waals surface area contributed by atoms with E-state index < -0.39 is 17.7 Å². The molecule has 0 aromatic heterocycles. The molecule has 2 aromatic rings. The van der Waals surface area contributed by atoms with Gasteiger partial charge in [0.2, 0.25) is 5.91 Å². The van der Waals surface area contributed by atoms with Crippen molar-refractivity contribution in [1.29, 1.82) is 0 Å². The molecular formula is C27H34ClN3O4. The lowest BCUT2D eigenvalue weighted by molar-refractivity contribution is -0.138. The van der Waals surface area contributed by atoms with Gasteiger partial charge in [-0.05, 0) is 69.7 Å². The van der Waals surface area contributed by atoms with Crippen LogP contribution < -0.4 is 10.6 Å².